The molecule has 0 aliphatic heterocycles. The molecular formula is C5H10Cl2. The van der Waals surface area contributed by atoms with Crippen molar-refractivity contribution in [1.82, 2.24) is 0 Å². The van der Waals surface area contributed by atoms with Crippen molar-refractivity contribution in [2.75, 3.05) is 0 Å². The van der Waals surface area contributed by atoms with Crippen LogP contribution in [-0.4, -0.2) is 0 Å². The van der Waals surface area contributed by atoms with Crippen LogP contribution < -0.4 is 0 Å². The molecule has 0 nitrogen and oxygen atoms in total. The quantitative estimate of drug-likeness (QED) is 0.492. The maximum atomic E-state index is 3.62. The second-order valence-corrected chi connectivity index (χ2v) is 1.57. The van der Waals surface area contributed by atoms with Crippen molar-refractivity contribution in [2.24, 2.45) is 5.92 Å². The Labute approximate surface area is 56.8 Å². The molecule has 7 heavy (non-hydrogen) atoms. The minimum Gasteiger partial charge on any atom is -0.147 e. The second kappa shape index (κ2) is 4.48. The summed E-state index contributed by atoms with van der Waals surface area (Å²) in [5, 5.41) is 0. The molecule has 0 radical (unpaired) electrons. The minimum atomic E-state index is 0. The van der Waals surface area contributed by atoms with E-state index in [-0.39, 0.29) is 24.8 Å². The number of hydrogen-bond donors (Lipinski definition) is 0. The molecule has 0 heterocycles. The molecule has 2 heteroatoms. The summed E-state index contributed by atoms with van der Waals surface area (Å²) >= 11 is 0. The van der Waals surface area contributed by atoms with E-state index in [1.165, 1.54) is 12.8 Å². The van der Waals surface area contributed by atoms with E-state index in [0.29, 0.717) is 0 Å². The van der Waals surface area contributed by atoms with Gasteiger partial charge in [-0.1, -0.05) is 6.08 Å². The van der Waals surface area contributed by atoms with Crippen LogP contribution in [0.3, 0.4) is 0 Å². The standard InChI is InChI=1S/C5H8.2ClH/c1-2-5-3-4-5;;/h2,5H,1,3-4H2;2*1H. The molecule has 0 unspecified atom stereocenters. The van der Waals surface area contributed by atoms with Gasteiger partial charge in [0.2, 0.25) is 0 Å². The van der Waals surface area contributed by atoms with Crippen LogP contribution in [0, 0.1) is 5.92 Å². The van der Waals surface area contributed by atoms with Gasteiger partial charge in [-0.15, -0.1) is 31.4 Å². The van der Waals surface area contributed by atoms with E-state index in [1.54, 1.807) is 0 Å². The van der Waals surface area contributed by atoms with Gasteiger partial charge in [-0.3, -0.25) is 0 Å². The molecule has 44 valence electrons. The molecule has 1 aliphatic rings. The summed E-state index contributed by atoms with van der Waals surface area (Å²) < 4.78 is 0. The van der Waals surface area contributed by atoms with Crippen molar-refractivity contribution in [1.29, 1.82) is 0 Å². The first kappa shape index (κ1) is 10.3. The average molecular weight is 141 g/mol. The maximum Gasteiger partial charge on any atom is -0.0236 e. The van der Waals surface area contributed by atoms with Crippen molar-refractivity contribution in [3.8, 4) is 0 Å². The molecule has 1 fully saturated rings. The lowest BCUT2D eigenvalue weighted by atomic mass is 10.4. The summed E-state index contributed by atoms with van der Waals surface area (Å²) in [7, 11) is 0. The second-order valence-electron chi connectivity index (χ2n) is 1.57. The molecule has 1 aliphatic carbocycles. The van der Waals surface area contributed by atoms with E-state index in [1.807, 2.05) is 6.08 Å². The first-order valence-electron chi connectivity index (χ1n) is 2.06. The Bertz CT molecular complexity index is 48.0. The third-order valence-electron chi connectivity index (χ3n) is 0.955. The largest absolute Gasteiger partial charge is 0.147 e. The third kappa shape index (κ3) is 4.17. The van der Waals surface area contributed by atoms with E-state index >= 15 is 0 Å². The number of allylic oxidation sites excluding steroid dienone is 1. The van der Waals surface area contributed by atoms with Gasteiger partial charge in [0.1, 0.15) is 0 Å². The van der Waals surface area contributed by atoms with Crippen LogP contribution >= 0.6 is 24.8 Å². The average Bonchev–Trinajstić information content (AvgIpc) is 2.12. The van der Waals surface area contributed by atoms with E-state index in [4.69, 9.17) is 0 Å². The normalized spacial score (nSPS) is 16.0. The molecule has 1 rings (SSSR count). The Hall–Kier alpha value is 0.320. The van der Waals surface area contributed by atoms with Crippen LogP contribution in [0.4, 0.5) is 0 Å². The van der Waals surface area contributed by atoms with Gasteiger partial charge in [0, 0.05) is 0 Å². The van der Waals surface area contributed by atoms with Gasteiger partial charge in [0.05, 0.1) is 0 Å². The van der Waals surface area contributed by atoms with Gasteiger partial charge in [-0.2, -0.15) is 0 Å². The monoisotopic (exact) mass is 140 g/mol. The fourth-order valence-electron chi connectivity index (χ4n) is 0.332. The Kier molecular flexibility index (Phi) is 6.61. The van der Waals surface area contributed by atoms with Gasteiger partial charge in [0.25, 0.3) is 0 Å². The Morgan fingerprint density at radius 2 is 1.71 bits per heavy atom. The molecule has 0 atom stereocenters. The molecule has 0 amide bonds. The summed E-state index contributed by atoms with van der Waals surface area (Å²) in [6, 6.07) is 0. The van der Waals surface area contributed by atoms with Crippen molar-refractivity contribution in [3.63, 3.8) is 0 Å². The highest BCUT2D eigenvalue weighted by atomic mass is 35.5. The zero-order chi connectivity index (χ0) is 3.70. The van der Waals surface area contributed by atoms with Crippen LogP contribution in [0.15, 0.2) is 12.7 Å². The number of hydrogen-bond acceptors (Lipinski definition) is 0. The lowest BCUT2D eigenvalue weighted by Gasteiger charge is -1.63. The highest BCUT2D eigenvalue weighted by Crippen LogP contribution is 2.28. The van der Waals surface area contributed by atoms with Crippen LogP contribution in [0.2, 0.25) is 0 Å². The highest BCUT2D eigenvalue weighted by molar-refractivity contribution is 5.85. The van der Waals surface area contributed by atoms with E-state index in [0.717, 1.165) is 5.92 Å². The zero-order valence-corrected chi connectivity index (χ0v) is 5.73. The fraction of sp³-hybridized carbons (Fsp3) is 0.600. The van der Waals surface area contributed by atoms with Crippen LogP contribution in [0.5, 0.6) is 0 Å². The molecule has 0 aromatic heterocycles. The molecular weight excluding hydrogens is 131 g/mol. The van der Waals surface area contributed by atoms with Crippen LogP contribution in [0.25, 0.3) is 0 Å². The first-order chi connectivity index (χ1) is 2.43. The smallest absolute Gasteiger partial charge is 0.0236 e. The van der Waals surface area contributed by atoms with Crippen molar-refractivity contribution >= 4 is 24.8 Å². The predicted octanol–water partition coefficient (Wildman–Crippen LogP) is 2.43. The van der Waals surface area contributed by atoms with Crippen LogP contribution in [0.1, 0.15) is 12.8 Å². The van der Waals surface area contributed by atoms with Crippen molar-refractivity contribution in [2.45, 2.75) is 12.8 Å². The topological polar surface area (TPSA) is 0 Å². The third-order valence-corrected chi connectivity index (χ3v) is 0.955. The molecule has 0 N–H and O–H groups in total. The summed E-state index contributed by atoms with van der Waals surface area (Å²) in [5.41, 5.74) is 0. The van der Waals surface area contributed by atoms with E-state index < -0.39 is 0 Å². The summed E-state index contributed by atoms with van der Waals surface area (Å²) in [5.74, 6) is 0.898. The lowest BCUT2D eigenvalue weighted by Crippen LogP contribution is -1.50. The summed E-state index contributed by atoms with van der Waals surface area (Å²) in [6.07, 6.45) is 4.81. The molecule has 1 saturated carbocycles. The van der Waals surface area contributed by atoms with Crippen molar-refractivity contribution in [3.05, 3.63) is 12.7 Å². The Morgan fingerprint density at radius 3 is 1.71 bits per heavy atom. The van der Waals surface area contributed by atoms with Gasteiger partial charge in [-0.25, -0.2) is 0 Å². The van der Waals surface area contributed by atoms with E-state index in [9.17, 15) is 0 Å². The van der Waals surface area contributed by atoms with Crippen LogP contribution in [-0.2, 0) is 0 Å². The SMILES string of the molecule is C=CC1CC1.Cl.Cl. The molecule has 0 saturated heterocycles. The van der Waals surface area contributed by atoms with Crippen molar-refractivity contribution < 1.29 is 0 Å². The highest BCUT2D eigenvalue weighted by Gasteiger charge is 2.15. The van der Waals surface area contributed by atoms with Gasteiger partial charge in [-0.05, 0) is 18.8 Å². The Morgan fingerprint density at radius 1 is 1.29 bits per heavy atom. The van der Waals surface area contributed by atoms with Gasteiger partial charge >= 0.3 is 0 Å². The van der Waals surface area contributed by atoms with E-state index in [2.05, 4.69) is 6.58 Å². The Balaban J connectivity index is 0. The van der Waals surface area contributed by atoms with Gasteiger partial charge in [0.15, 0.2) is 0 Å². The molecule has 0 spiro atoms. The maximum absolute atomic E-state index is 3.62. The molecule has 0 bridgehead atoms. The number of rotatable bonds is 1. The minimum absolute atomic E-state index is 0. The summed E-state index contributed by atoms with van der Waals surface area (Å²) in [4.78, 5) is 0. The number of halogens is 2. The lowest BCUT2D eigenvalue weighted by molar-refractivity contribution is 1.13. The van der Waals surface area contributed by atoms with Gasteiger partial charge < -0.3 is 0 Å². The fourth-order valence-corrected chi connectivity index (χ4v) is 0.332. The summed E-state index contributed by atoms with van der Waals surface area (Å²) in [6.45, 7) is 3.62. The molecule has 0 aromatic carbocycles. The molecule has 0 aromatic rings. The first-order valence-corrected chi connectivity index (χ1v) is 2.06. The zero-order valence-electron chi connectivity index (χ0n) is 4.09. The predicted molar refractivity (Wildman–Crippen MR) is 37.4 cm³/mol.